The molecule has 96 valence electrons. The van der Waals surface area contributed by atoms with E-state index in [0.717, 1.165) is 18.7 Å². The van der Waals surface area contributed by atoms with Gasteiger partial charge in [-0.05, 0) is 19.3 Å². The standard InChI is InChI=1S/C11H12FN3O3/c12-7-4-8(6-13-5-7)14-10(18)15-11(9(16)17)2-1-3-11/h4-6H,1-3H2,(H,16,17)(H2,14,15,18). The van der Waals surface area contributed by atoms with Gasteiger partial charge >= 0.3 is 12.0 Å². The lowest BCUT2D eigenvalue weighted by Crippen LogP contribution is -2.60. The van der Waals surface area contributed by atoms with Gasteiger partial charge in [-0.1, -0.05) is 0 Å². The number of hydrogen-bond acceptors (Lipinski definition) is 3. The van der Waals surface area contributed by atoms with E-state index in [1.165, 1.54) is 6.20 Å². The first-order valence-corrected chi connectivity index (χ1v) is 5.45. The maximum absolute atomic E-state index is 12.8. The molecule has 0 radical (unpaired) electrons. The van der Waals surface area contributed by atoms with Gasteiger partial charge in [0.15, 0.2) is 0 Å². The molecule has 3 N–H and O–H groups in total. The predicted molar refractivity (Wildman–Crippen MR) is 60.6 cm³/mol. The lowest BCUT2D eigenvalue weighted by molar-refractivity contribution is -0.148. The molecule has 0 atom stereocenters. The molecule has 0 aromatic carbocycles. The van der Waals surface area contributed by atoms with Crippen molar-refractivity contribution in [2.45, 2.75) is 24.8 Å². The molecule has 2 amide bonds. The number of carboxylic acids is 1. The van der Waals surface area contributed by atoms with E-state index in [4.69, 9.17) is 5.11 Å². The van der Waals surface area contributed by atoms with Crippen molar-refractivity contribution in [1.29, 1.82) is 0 Å². The Hall–Kier alpha value is -2.18. The van der Waals surface area contributed by atoms with E-state index in [2.05, 4.69) is 15.6 Å². The number of pyridine rings is 1. The maximum atomic E-state index is 12.8. The average molecular weight is 253 g/mol. The van der Waals surface area contributed by atoms with Gasteiger partial charge in [-0.3, -0.25) is 4.98 Å². The van der Waals surface area contributed by atoms with Crippen LogP contribution in [-0.2, 0) is 4.79 Å². The Kier molecular flexibility index (Phi) is 3.14. The highest BCUT2D eigenvalue weighted by molar-refractivity contribution is 5.94. The van der Waals surface area contributed by atoms with Crippen molar-refractivity contribution >= 4 is 17.7 Å². The van der Waals surface area contributed by atoms with Gasteiger partial charge in [0.2, 0.25) is 0 Å². The molecule has 1 aromatic rings. The van der Waals surface area contributed by atoms with Crippen molar-refractivity contribution in [3.63, 3.8) is 0 Å². The van der Waals surface area contributed by atoms with Gasteiger partial charge in [-0.2, -0.15) is 0 Å². The van der Waals surface area contributed by atoms with E-state index in [1.54, 1.807) is 0 Å². The zero-order valence-electron chi connectivity index (χ0n) is 9.44. The molecule has 1 aliphatic carbocycles. The highest BCUT2D eigenvalue weighted by atomic mass is 19.1. The van der Waals surface area contributed by atoms with Crippen LogP contribution in [0.3, 0.4) is 0 Å². The second kappa shape index (κ2) is 4.59. The minimum absolute atomic E-state index is 0.173. The number of carbonyl (C=O) groups excluding carboxylic acids is 1. The Morgan fingerprint density at radius 3 is 2.61 bits per heavy atom. The Morgan fingerprint density at radius 2 is 2.11 bits per heavy atom. The molecule has 2 rings (SSSR count). The zero-order valence-corrected chi connectivity index (χ0v) is 9.44. The third-order valence-electron chi connectivity index (χ3n) is 2.93. The summed E-state index contributed by atoms with van der Waals surface area (Å²) in [6, 6.07) is 0.422. The molecule has 0 bridgehead atoms. The second-order valence-electron chi connectivity index (χ2n) is 4.21. The minimum atomic E-state index is -1.19. The number of aliphatic carboxylic acids is 1. The van der Waals surface area contributed by atoms with Gasteiger partial charge in [0.25, 0.3) is 0 Å². The third kappa shape index (κ3) is 2.39. The first-order chi connectivity index (χ1) is 8.52. The summed E-state index contributed by atoms with van der Waals surface area (Å²) >= 11 is 0. The summed E-state index contributed by atoms with van der Waals surface area (Å²) in [6.07, 6.45) is 3.84. The number of halogens is 1. The number of amides is 2. The topological polar surface area (TPSA) is 91.3 Å². The molecule has 6 nitrogen and oxygen atoms in total. The summed E-state index contributed by atoms with van der Waals surface area (Å²) in [5, 5.41) is 13.8. The molecule has 1 heterocycles. The van der Waals surface area contributed by atoms with Crippen LogP contribution in [0.25, 0.3) is 0 Å². The Morgan fingerprint density at radius 1 is 1.39 bits per heavy atom. The second-order valence-corrected chi connectivity index (χ2v) is 4.21. The summed E-state index contributed by atoms with van der Waals surface area (Å²) in [5.74, 6) is -1.63. The van der Waals surface area contributed by atoms with E-state index in [1.807, 2.05) is 0 Å². The summed E-state index contributed by atoms with van der Waals surface area (Å²) in [5.41, 5.74) is -1.02. The van der Waals surface area contributed by atoms with E-state index in [-0.39, 0.29) is 5.69 Å². The van der Waals surface area contributed by atoms with Crippen LogP contribution in [0.2, 0.25) is 0 Å². The number of carboxylic acid groups (broad SMARTS) is 1. The fourth-order valence-electron chi connectivity index (χ4n) is 1.78. The number of carbonyl (C=O) groups is 2. The van der Waals surface area contributed by atoms with Crippen LogP contribution in [0.4, 0.5) is 14.9 Å². The van der Waals surface area contributed by atoms with E-state index < -0.39 is 23.4 Å². The third-order valence-corrected chi connectivity index (χ3v) is 2.93. The summed E-state index contributed by atoms with van der Waals surface area (Å²) in [7, 11) is 0. The fourth-order valence-corrected chi connectivity index (χ4v) is 1.78. The van der Waals surface area contributed by atoms with Gasteiger partial charge in [0, 0.05) is 6.07 Å². The lowest BCUT2D eigenvalue weighted by Gasteiger charge is -2.38. The monoisotopic (exact) mass is 253 g/mol. The number of nitrogens with one attached hydrogen (secondary N) is 2. The van der Waals surface area contributed by atoms with Crippen molar-refractivity contribution in [3.8, 4) is 0 Å². The molecular weight excluding hydrogens is 241 g/mol. The molecule has 1 fully saturated rings. The Balaban J connectivity index is 1.99. The molecule has 0 aliphatic heterocycles. The predicted octanol–water partition coefficient (Wildman–Crippen LogP) is 1.35. The van der Waals surface area contributed by atoms with E-state index >= 15 is 0 Å². The van der Waals surface area contributed by atoms with Gasteiger partial charge in [-0.15, -0.1) is 0 Å². The van der Waals surface area contributed by atoms with Crippen LogP contribution >= 0.6 is 0 Å². The van der Waals surface area contributed by atoms with E-state index in [0.29, 0.717) is 12.8 Å². The van der Waals surface area contributed by atoms with Crippen molar-refractivity contribution in [1.82, 2.24) is 10.3 Å². The first-order valence-electron chi connectivity index (χ1n) is 5.45. The highest BCUT2D eigenvalue weighted by Gasteiger charge is 2.45. The average Bonchev–Trinajstić information content (AvgIpc) is 2.23. The number of aromatic nitrogens is 1. The Bertz CT molecular complexity index is 488. The number of hydrogen-bond donors (Lipinski definition) is 3. The number of rotatable bonds is 3. The van der Waals surface area contributed by atoms with Crippen LogP contribution in [0.5, 0.6) is 0 Å². The number of nitrogens with zero attached hydrogens (tertiary/aromatic N) is 1. The van der Waals surface area contributed by atoms with Gasteiger partial charge in [-0.25, -0.2) is 14.0 Å². The molecule has 7 heteroatoms. The van der Waals surface area contributed by atoms with Crippen molar-refractivity contribution in [2.75, 3.05) is 5.32 Å². The van der Waals surface area contributed by atoms with Gasteiger partial charge in [0.05, 0.1) is 18.1 Å². The quantitative estimate of drug-likeness (QED) is 0.758. The van der Waals surface area contributed by atoms with Gasteiger partial charge < -0.3 is 15.7 Å². The molecule has 0 saturated heterocycles. The number of urea groups is 1. The van der Waals surface area contributed by atoms with Crippen LogP contribution in [0.15, 0.2) is 18.5 Å². The molecule has 1 aromatic heterocycles. The van der Waals surface area contributed by atoms with Crippen LogP contribution < -0.4 is 10.6 Å². The fraction of sp³-hybridized carbons (Fsp3) is 0.364. The van der Waals surface area contributed by atoms with Crippen LogP contribution in [0.1, 0.15) is 19.3 Å². The SMILES string of the molecule is O=C(Nc1cncc(F)c1)NC1(C(=O)O)CCC1. The molecule has 1 aliphatic rings. The summed E-state index contributed by atoms with van der Waals surface area (Å²) < 4.78 is 12.8. The van der Waals surface area contributed by atoms with Crippen molar-refractivity contribution < 1.29 is 19.1 Å². The van der Waals surface area contributed by atoms with Crippen molar-refractivity contribution in [2.24, 2.45) is 0 Å². The largest absolute Gasteiger partial charge is 0.480 e. The summed E-state index contributed by atoms with van der Waals surface area (Å²) in [6.45, 7) is 0. The lowest BCUT2D eigenvalue weighted by atomic mass is 9.77. The van der Waals surface area contributed by atoms with Crippen LogP contribution in [-0.4, -0.2) is 27.6 Å². The summed E-state index contributed by atoms with van der Waals surface area (Å²) in [4.78, 5) is 26.2. The van der Waals surface area contributed by atoms with E-state index in [9.17, 15) is 14.0 Å². The first kappa shape index (κ1) is 12.3. The van der Waals surface area contributed by atoms with Crippen molar-refractivity contribution in [3.05, 3.63) is 24.3 Å². The molecule has 18 heavy (non-hydrogen) atoms. The molecular formula is C11H12FN3O3. The molecule has 0 unspecified atom stereocenters. The Labute approximate surface area is 102 Å². The minimum Gasteiger partial charge on any atom is -0.480 e. The smallest absolute Gasteiger partial charge is 0.329 e. The molecule has 0 spiro atoms. The van der Waals surface area contributed by atoms with Gasteiger partial charge in [0.1, 0.15) is 11.4 Å². The molecule has 1 saturated carbocycles. The van der Waals surface area contributed by atoms with Crippen LogP contribution in [0, 0.1) is 5.82 Å². The zero-order chi connectivity index (χ0) is 13.2. The highest BCUT2D eigenvalue weighted by Crippen LogP contribution is 2.32. The normalized spacial score (nSPS) is 16.5. The maximum Gasteiger partial charge on any atom is 0.329 e. The number of anilines is 1.